The molecule has 0 spiro atoms. The summed E-state index contributed by atoms with van der Waals surface area (Å²) in [5.41, 5.74) is 2.50. The molecule has 12 heterocycles. The van der Waals surface area contributed by atoms with Crippen molar-refractivity contribution in [2.75, 3.05) is 74.9 Å². The molecular formula is C87H105F6N21O3. The van der Waals surface area contributed by atoms with E-state index in [1.165, 1.54) is 18.2 Å². The second-order valence-corrected chi connectivity index (χ2v) is 32.3. The summed E-state index contributed by atoms with van der Waals surface area (Å²) in [6, 6.07) is 19.7. The van der Waals surface area contributed by atoms with Crippen molar-refractivity contribution < 1.29 is 41.7 Å². The minimum Gasteiger partial charge on any atom is -0.385 e. The van der Waals surface area contributed by atoms with Gasteiger partial charge in [0.1, 0.15) is 68.6 Å². The molecular weight excluding hydrogens is 1500 g/mol. The number of benzene rings is 3. The van der Waals surface area contributed by atoms with Crippen LogP contribution in [0.25, 0.3) is 66.9 Å². The summed E-state index contributed by atoms with van der Waals surface area (Å²) in [6.07, 6.45) is 13.7. The number of hydrogen-bond donors (Lipinski definition) is 6. The second kappa shape index (κ2) is 35.0. The summed E-state index contributed by atoms with van der Waals surface area (Å²) in [5.74, 6) is 0.594. The molecule has 15 rings (SSSR count). The fourth-order valence-corrected chi connectivity index (χ4v) is 16.8. The third-order valence-electron chi connectivity index (χ3n) is 23.6. The van der Waals surface area contributed by atoms with E-state index in [1.54, 1.807) is 55.0 Å². The predicted molar refractivity (Wildman–Crippen MR) is 443 cm³/mol. The quantitative estimate of drug-likeness (QED) is 0.0365. The molecule has 9 aromatic heterocycles. The lowest BCUT2D eigenvalue weighted by Gasteiger charge is -2.39. The van der Waals surface area contributed by atoms with Crippen molar-refractivity contribution in [2.24, 2.45) is 17.8 Å². The Hall–Kier alpha value is -10.5. The van der Waals surface area contributed by atoms with Crippen molar-refractivity contribution in [3.63, 3.8) is 0 Å². The standard InChI is InChI=1S/3C29H35F2N7O/c3*1-6-37-11-9-20(10-12-37)29(5,39)21-7-8-25(32-15-21)35-28-33-16-23(31)26(36-28)19-13-22(30)27-24(14-19)38(17(2)3)18(4)34-27/h3*7-8,13-17,20,39H,6,9-12H2,1-5H3,(H,32,33,35,36)/t2*29-;/m10./s1. The maximum Gasteiger partial charge on any atom is 0.229 e. The third-order valence-corrected chi connectivity index (χ3v) is 23.6. The molecule has 6 N–H and O–H groups in total. The van der Waals surface area contributed by atoms with Gasteiger partial charge in [0.15, 0.2) is 34.9 Å². The van der Waals surface area contributed by atoms with E-state index >= 15 is 0 Å². The Morgan fingerprint density at radius 3 is 0.821 bits per heavy atom. The van der Waals surface area contributed by atoms with Crippen LogP contribution in [0.4, 0.5) is 61.6 Å². The first-order valence-electron chi connectivity index (χ1n) is 40.4. The van der Waals surface area contributed by atoms with Gasteiger partial charge in [0, 0.05) is 70.1 Å². The molecule has 3 fully saturated rings. The molecule has 3 atom stereocenters. The van der Waals surface area contributed by atoms with Gasteiger partial charge in [-0.15, -0.1) is 0 Å². The summed E-state index contributed by atoms with van der Waals surface area (Å²) >= 11 is 0. The van der Waals surface area contributed by atoms with Gasteiger partial charge in [0.25, 0.3) is 0 Å². The molecule has 1 unspecified atom stereocenters. The average molecular weight is 1610 g/mol. The third kappa shape index (κ3) is 18.0. The van der Waals surface area contributed by atoms with E-state index in [1.807, 2.05) is 115 Å². The lowest BCUT2D eigenvalue weighted by molar-refractivity contribution is -0.0328. The van der Waals surface area contributed by atoms with Crippen molar-refractivity contribution in [1.82, 2.24) is 88.2 Å². The van der Waals surface area contributed by atoms with E-state index in [0.717, 1.165) is 133 Å². The van der Waals surface area contributed by atoms with Crippen LogP contribution in [0.2, 0.25) is 0 Å². The summed E-state index contributed by atoms with van der Waals surface area (Å²) < 4.78 is 95.2. The molecule has 0 bridgehead atoms. The summed E-state index contributed by atoms with van der Waals surface area (Å²) in [5, 5.41) is 42.9. The second-order valence-electron chi connectivity index (χ2n) is 32.3. The molecule has 24 nitrogen and oxygen atoms in total. The number of nitrogens with zero attached hydrogens (tertiary/aromatic N) is 18. The number of rotatable bonds is 21. The van der Waals surface area contributed by atoms with Gasteiger partial charge in [-0.2, -0.15) is 0 Å². The number of aliphatic hydroxyl groups is 3. The number of imidazole rings is 3. The van der Waals surface area contributed by atoms with E-state index in [4.69, 9.17) is 0 Å². The maximum atomic E-state index is 15.0. The first kappa shape index (κ1) is 84.4. The zero-order chi connectivity index (χ0) is 83.7. The monoisotopic (exact) mass is 1610 g/mol. The zero-order valence-electron chi connectivity index (χ0n) is 69.1. The number of halogens is 6. The van der Waals surface area contributed by atoms with Gasteiger partial charge in [0.2, 0.25) is 17.8 Å². The number of piperidine rings is 3. The van der Waals surface area contributed by atoms with Crippen LogP contribution in [0.1, 0.15) is 174 Å². The van der Waals surface area contributed by atoms with Gasteiger partial charge >= 0.3 is 0 Å². The number of likely N-dealkylation sites (tertiary alicyclic amines) is 3. The topological polar surface area (TPSA) is 276 Å². The Balaban J connectivity index is 0.000000152. The lowest BCUT2D eigenvalue weighted by atomic mass is 9.78. The lowest BCUT2D eigenvalue weighted by Crippen LogP contribution is -2.41. The SMILES string of the molecule is CCN1CCC(C(C)(O)c2ccc(Nc3ncc(F)c(-c4cc(F)c5nc(C)n(C(C)C)c5c4)n3)nc2)CC1.CCN1CCC([C@@](C)(O)c2ccc(Nc3ncc(F)c(-c4cc(F)c5nc(C)n(C(C)C)c5c4)n3)nc2)CC1.CCN1CCC([C@](C)(O)c2ccc(Nc3ncc(F)c(-c4cc(F)c5nc(C)n(C(C)C)c5c4)n3)nc2)CC1. The highest BCUT2D eigenvalue weighted by Gasteiger charge is 2.39. The highest BCUT2D eigenvalue weighted by molar-refractivity contribution is 5.85. The van der Waals surface area contributed by atoms with Crippen LogP contribution in [-0.4, -0.2) is 162 Å². The number of pyridine rings is 3. The Morgan fingerprint density at radius 2 is 0.607 bits per heavy atom. The van der Waals surface area contributed by atoms with E-state index in [-0.39, 0.29) is 87.4 Å². The zero-order valence-corrected chi connectivity index (χ0v) is 69.1. The van der Waals surface area contributed by atoms with Gasteiger partial charge in [-0.3, -0.25) is 0 Å². The fraction of sp³-hybridized carbons (Fsp3) is 0.448. The van der Waals surface area contributed by atoms with E-state index in [9.17, 15) is 41.7 Å². The normalized spacial score (nSPS) is 16.6. The number of aromatic nitrogens is 15. The molecule has 12 aromatic rings. The van der Waals surface area contributed by atoms with Crippen molar-refractivity contribution >= 4 is 68.4 Å². The van der Waals surface area contributed by atoms with Crippen LogP contribution in [0, 0.1) is 73.4 Å². The predicted octanol–water partition coefficient (Wildman–Crippen LogP) is 17.2. The Labute approximate surface area is 677 Å². The number of anilines is 6. The summed E-state index contributed by atoms with van der Waals surface area (Å²) in [4.78, 5) is 58.7. The molecule has 0 saturated carbocycles. The highest BCUT2D eigenvalue weighted by Crippen LogP contribution is 2.42. The van der Waals surface area contributed by atoms with Gasteiger partial charge < -0.3 is 59.7 Å². The average Bonchev–Trinajstić information content (AvgIpc) is 1.63. The summed E-state index contributed by atoms with van der Waals surface area (Å²) in [6.45, 7) is 38.3. The Bertz CT molecular complexity index is 4960. The van der Waals surface area contributed by atoms with Gasteiger partial charge in [0.05, 0.1) is 51.9 Å². The molecule has 618 valence electrons. The van der Waals surface area contributed by atoms with Gasteiger partial charge in [-0.05, 0) is 253 Å². The molecule has 117 heavy (non-hydrogen) atoms. The van der Waals surface area contributed by atoms with Gasteiger partial charge in [-0.25, -0.2) is 86.2 Å². The van der Waals surface area contributed by atoms with Crippen molar-refractivity contribution in [3.05, 3.63) is 179 Å². The molecule has 0 aliphatic carbocycles. The highest BCUT2D eigenvalue weighted by atomic mass is 19.1. The van der Waals surface area contributed by atoms with Crippen molar-refractivity contribution in [1.29, 1.82) is 0 Å². The molecule has 3 aromatic carbocycles. The van der Waals surface area contributed by atoms with Crippen molar-refractivity contribution in [2.45, 2.75) is 177 Å². The molecule has 3 aliphatic heterocycles. The minimum atomic E-state index is -0.992. The van der Waals surface area contributed by atoms with E-state index in [2.05, 4.69) is 111 Å². The number of hydrogen-bond acceptors (Lipinski definition) is 21. The van der Waals surface area contributed by atoms with Crippen LogP contribution in [0.15, 0.2) is 110 Å². The number of nitrogens with one attached hydrogen (secondary N) is 3. The maximum absolute atomic E-state index is 15.0. The van der Waals surface area contributed by atoms with Crippen LogP contribution >= 0.6 is 0 Å². The summed E-state index contributed by atoms with van der Waals surface area (Å²) in [7, 11) is 0. The van der Waals surface area contributed by atoms with E-state index in [0.29, 0.717) is 68.2 Å². The van der Waals surface area contributed by atoms with E-state index < -0.39 is 51.7 Å². The number of fused-ring (bicyclic) bond motifs is 3. The van der Waals surface area contributed by atoms with Crippen LogP contribution in [0.3, 0.4) is 0 Å². The van der Waals surface area contributed by atoms with Crippen LogP contribution in [-0.2, 0) is 16.8 Å². The van der Waals surface area contributed by atoms with Crippen LogP contribution < -0.4 is 16.0 Å². The minimum absolute atomic E-state index is 0.0274. The molecule has 3 saturated heterocycles. The molecule has 30 heteroatoms. The molecule has 0 amide bonds. The Kier molecular flexibility index (Phi) is 25.2. The van der Waals surface area contributed by atoms with Crippen molar-refractivity contribution in [3.8, 4) is 33.8 Å². The number of aryl methyl sites for hydroxylation is 3. The molecule has 3 aliphatic rings. The van der Waals surface area contributed by atoms with Gasteiger partial charge in [-0.1, -0.05) is 39.0 Å². The molecule has 0 radical (unpaired) electrons. The van der Waals surface area contributed by atoms with Crippen LogP contribution in [0.5, 0.6) is 0 Å². The fourth-order valence-electron chi connectivity index (χ4n) is 16.8. The Morgan fingerprint density at radius 1 is 0.359 bits per heavy atom. The smallest absolute Gasteiger partial charge is 0.229 e. The first-order valence-corrected chi connectivity index (χ1v) is 40.4. The first-order chi connectivity index (χ1) is 55.7. The largest absolute Gasteiger partial charge is 0.385 e.